The number of hydrogen-bond donors (Lipinski definition) is 0. The summed E-state index contributed by atoms with van der Waals surface area (Å²) in [5, 5.41) is 0. The number of ether oxygens (including phenoxy) is 1. The van der Waals surface area contributed by atoms with Crippen LogP contribution >= 0.6 is 0 Å². The van der Waals surface area contributed by atoms with Crippen molar-refractivity contribution in [1.29, 1.82) is 0 Å². The van der Waals surface area contributed by atoms with Crippen LogP contribution in [0.3, 0.4) is 0 Å². The molecule has 11 aromatic rings. The van der Waals surface area contributed by atoms with Crippen molar-refractivity contribution < 1.29 is 44.7 Å². The minimum absolute atomic E-state index is 0.0176. The fourth-order valence-electron chi connectivity index (χ4n) is 10.4. The molecule has 6 nitrogen and oxygen atoms in total. The zero-order chi connectivity index (χ0) is 63.1. The summed E-state index contributed by atoms with van der Waals surface area (Å²) in [6, 6.07) is 47.3. The summed E-state index contributed by atoms with van der Waals surface area (Å²) >= 11 is 2.17. The quantitative estimate of drug-likeness (QED) is 0.142. The molecule has 8 heteroatoms. The summed E-state index contributed by atoms with van der Waals surface area (Å²) in [6.07, 6.45) is 0. The second-order valence-electron chi connectivity index (χ2n) is 19.2. The van der Waals surface area contributed by atoms with E-state index in [9.17, 15) is 4.11 Å². The number of anilines is 4. The van der Waals surface area contributed by atoms with E-state index >= 15 is 0 Å². The van der Waals surface area contributed by atoms with Crippen molar-refractivity contribution in [1.82, 2.24) is 14.1 Å². The fourth-order valence-corrected chi connectivity index (χ4v) is 11.5. The van der Waals surface area contributed by atoms with Gasteiger partial charge in [-0.05, 0) is 17.7 Å². The molecule has 2 aliphatic rings. The Hall–Kier alpha value is -8.25. The third kappa shape index (κ3) is 7.52. The van der Waals surface area contributed by atoms with Crippen LogP contribution in [0.15, 0.2) is 224 Å². The van der Waals surface area contributed by atoms with E-state index in [0.717, 1.165) is 44.8 Å². The number of imidazole rings is 1. The zero-order valence-electron chi connectivity index (χ0n) is 55.2. The first kappa shape index (κ1) is 32.0. The molecule has 0 atom stereocenters. The van der Waals surface area contributed by atoms with Gasteiger partial charge in [-0.1, -0.05) is 54.6 Å². The Morgan fingerprint density at radius 3 is 1.96 bits per heavy atom. The summed E-state index contributed by atoms with van der Waals surface area (Å²) < 4.78 is 145. The molecular formula is C66H52BN5OPt. The van der Waals surface area contributed by atoms with Gasteiger partial charge in [-0.15, -0.1) is 0 Å². The molecule has 0 saturated carbocycles. The molecule has 0 bridgehead atoms. The Bertz CT molecular complexity index is 4830. The van der Waals surface area contributed by atoms with Crippen LogP contribution in [-0.4, -0.2) is 21.1 Å². The summed E-state index contributed by atoms with van der Waals surface area (Å²) in [7, 11) is 0. The van der Waals surface area contributed by atoms with E-state index in [1.165, 1.54) is 18.2 Å². The van der Waals surface area contributed by atoms with Gasteiger partial charge in [-0.2, -0.15) is 0 Å². The number of pyridine rings is 1. The molecular weight excluding hydrogens is 1080 g/mol. The number of rotatable bonds is 8. The monoisotopic (exact) mass is 1150 g/mol. The summed E-state index contributed by atoms with van der Waals surface area (Å²) in [4.78, 5) is 9.46. The molecule has 0 N–H and O–H groups in total. The number of aryl methyl sites for hydroxylation is 1. The topological polar surface area (TPSA) is 38.5 Å². The summed E-state index contributed by atoms with van der Waals surface area (Å²) in [6.45, 7) is -0.186. The molecule has 13 rings (SSSR count). The van der Waals surface area contributed by atoms with Gasteiger partial charge in [0.05, 0.1) is 1.37 Å². The third-order valence-electron chi connectivity index (χ3n) is 13.8. The molecule has 360 valence electrons. The van der Waals surface area contributed by atoms with E-state index in [1.807, 2.05) is 123 Å². The molecule has 0 unspecified atom stereocenters. The van der Waals surface area contributed by atoms with E-state index in [4.69, 9.17) is 26.2 Å². The Labute approximate surface area is 465 Å². The fraction of sp³-hybridized carbons (Fsp3) is 0.0909. The predicted molar refractivity (Wildman–Crippen MR) is 303 cm³/mol. The van der Waals surface area contributed by atoms with E-state index < -0.39 is 86.2 Å². The van der Waals surface area contributed by atoms with Crippen LogP contribution in [0.5, 0.6) is 11.6 Å². The Kier molecular flexibility index (Phi) is 7.82. The minimum atomic E-state index is -3.10. The van der Waals surface area contributed by atoms with Crippen molar-refractivity contribution in [2.24, 2.45) is 0 Å². The van der Waals surface area contributed by atoms with Gasteiger partial charge < -0.3 is 0 Å². The average molecular weight is 1150 g/mol. The van der Waals surface area contributed by atoms with Gasteiger partial charge in [0.25, 0.3) is 0 Å². The molecule has 4 heterocycles. The van der Waals surface area contributed by atoms with Gasteiger partial charge in [0, 0.05) is 11.3 Å². The molecule has 0 amide bonds. The second-order valence-corrected chi connectivity index (χ2v) is 20.2. The number of nitrogens with zero attached hydrogens (tertiary/aromatic N) is 5. The third-order valence-corrected chi connectivity index (χ3v) is 14.9. The molecule has 0 fully saturated rings. The maximum absolute atomic E-state index is 9.36. The molecule has 2 aliphatic heterocycles. The Morgan fingerprint density at radius 1 is 0.527 bits per heavy atom. The van der Waals surface area contributed by atoms with Crippen LogP contribution < -0.4 is 19.8 Å². The van der Waals surface area contributed by atoms with Gasteiger partial charge in [-0.3, -0.25) is 0 Å². The molecule has 74 heavy (non-hydrogen) atoms. The van der Waals surface area contributed by atoms with Crippen molar-refractivity contribution in [3.8, 4) is 67.5 Å². The van der Waals surface area contributed by atoms with Crippen molar-refractivity contribution in [2.45, 2.75) is 39.9 Å². The second kappa shape index (κ2) is 18.0. The number of fused-ring (bicyclic) bond motifs is 9. The van der Waals surface area contributed by atoms with Crippen LogP contribution in [0.2, 0.25) is 0 Å². The summed E-state index contributed by atoms with van der Waals surface area (Å²) in [5.74, 6) is -0.336. The van der Waals surface area contributed by atoms with Crippen molar-refractivity contribution >= 4 is 46.4 Å². The van der Waals surface area contributed by atoms with Crippen molar-refractivity contribution in [3.05, 3.63) is 245 Å². The van der Waals surface area contributed by atoms with E-state index in [0.29, 0.717) is 37.3 Å². The summed E-state index contributed by atoms with van der Waals surface area (Å²) in [5.41, 5.74) is 8.54. The van der Waals surface area contributed by atoms with Gasteiger partial charge in [0.1, 0.15) is 0 Å². The number of para-hydroxylation sites is 6. The van der Waals surface area contributed by atoms with E-state index in [2.05, 4.69) is 63.1 Å². The van der Waals surface area contributed by atoms with Crippen LogP contribution in [0.4, 0.5) is 22.9 Å². The van der Waals surface area contributed by atoms with Crippen LogP contribution in [0.1, 0.15) is 58.0 Å². The number of benzene rings is 9. The maximum atomic E-state index is 9.36. The molecule has 0 saturated heterocycles. The molecule has 9 aromatic carbocycles. The van der Waals surface area contributed by atoms with Crippen LogP contribution in [0, 0.1) is 17.5 Å². The molecule has 0 aliphatic carbocycles. The average Bonchev–Trinajstić information content (AvgIpc) is 1.67. The van der Waals surface area contributed by atoms with Crippen molar-refractivity contribution in [3.63, 3.8) is 0 Å². The van der Waals surface area contributed by atoms with Gasteiger partial charge in [0.2, 0.25) is 0 Å². The Morgan fingerprint density at radius 2 is 1.18 bits per heavy atom. The number of aromatic nitrogens is 3. The van der Waals surface area contributed by atoms with Crippen LogP contribution in [-0.2, 0) is 24.8 Å². The van der Waals surface area contributed by atoms with E-state index in [-0.39, 0.29) is 39.6 Å². The number of hydrogen-bond acceptors (Lipinski definition) is 4. The Balaban J connectivity index is 1.07. The van der Waals surface area contributed by atoms with Crippen molar-refractivity contribution in [2.75, 3.05) is 9.62 Å². The zero-order valence-corrected chi connectivity index (χ0v) is 42.5. The first-order chi connectivity index (χ1) is 42.3. The first-order valence-corrected chi connectivity index (χ1v) is 25.2. The van der Waals surface area contributed by atoms with Gasteiger partial charge in [-0.25, -0.2) is 0 Å². The standard InChI is InChI=1S/C66H52BN5O.Pt/c1-44-21-9-10-26-50(44)55-39-40-63(72-61-36-18-17-35-60(61)71-57-32-14-12-28-54(57)53-27-11-13-31-56(53)67(71)72)68-65(55)73-62-42-49(38-37-45(62)2)69-43-70(59-34-16-15-33-58(59)69)64-51(46-22-7-6-8-23-46)29-20-30-52(64)47-24-19-25-48(41-47)66(3,4)5;/h6-42H,1-5H3;/i1D3,2D3,6D,7D,8D,9D,10D,21D,22D,23D,26D;. The predicted octanol–water partition coefficient (Wildman–Crippen LogP) is 16.3. The normalized spacial score (nSPS) is 15.9. The SMILES string of the molecule is [2H]c1c([2H])c([2H])c(-c2cccc(-c3cccc(C(C)(C)C)c3)c2-n2[c](=[Pt])n(-c3ccc(C([2H])([2H])[2H])c(Oc4nc(N5B6c7ccccc7-c7ccccc7N6c6ccccc65)ccc4-c4c([2H])c([2H])c([2H])c([2H])c4C([2H])([2H])[2H])c3)c3ccccc32)c([2H])c1[2H]. The first-order valence-electron chi connectivity index (χ1n) is 31.6. The van der Waals surface area contributed by atoms with Gasteiger partial charge in [0.15, 0.2) is 0 Å². The van der Waals surface area contributed by atoms with Gasteiger partial charge >= 0.3 is 382 Å². The van der Waals surface area contributed by atoms with E-state index in [1.54, 1.807) is 24.3 Å². The van der Waals surface area contributed by atoms with Crippen LogP contribution in [0.25, 0.3) is 66.9 Å². The molecule has 2 aromatic heterocycles. The molecule has 0 radical (unpaired) electrons. The molecule has 0 spiro atoms.